The number of rotatable bonds is 2. The van der Waals surface area contributed by atoms with E-state index < -0.39 is 11.5 Å². The number of para-hydroxylation sites is 2. The summed E-state index contributed by atoms with van der Waals surface area (Å²) in [5, 5.41) is 9.82. The molecule has 0 fully saturated rings. The lowest BCUT2D eigenvalue weighted by Crippen LogP contribution is -2.56. The molecule has 7 heteroatoms. The molecule has 0 saturated heterocycles. The van der Waals surface area contributed by atoms with Gasteiger partial charge in [0.1, 0.15) is 0 Å². The second-order valence-electron chi connectivity index (χ2n) is 8.53. The van der Waals surface area contributed by atoms with Crippen molar-refractivity contribution in [2.24, 2.45) is 0 Å². The van der Waals surface area contributed by atoms with Gasteiger partial charge in [-0.25, -0.2) is 9.78 Å². The van der Waals surface area contributed by atoms with E-state index in [-0.39, 0.29) is 23.0 Å². The number of amides is 1. The highest BCUT2D eigenvalue weighted by molar-refractivity contribution is 5.96. The van der Waals surface area contributed by atoms with E-state index in [1.165, 1.54) is 4.90 Å². The largest absolute Gasteiger partial charge is 0.476 e. The van der Waals surface area contributed by atoms with Gasteiger partial charge in [-0.15, -0.1) is 0 Å². The van der Waals surface area contributed by atoms with Gasteiger partial charge in [-0.2, -0.15) is 0 Å². The topological polar surface area (TPSA) is 78.7 Å². The van der Waals surface area contributed by atoms with Crippen LogP contribution in [0.1, 0.15) is 61.4 Å². The lowest BCUT2D eigenvalue weighted by molar-refractivity contribution is 0.0687. The number of anilines is 1. The van der Waals surface area contributed by atoms with E-state index in [0.29, 0.717) is 5.69 Å². The van der Waals surface area contributed by atoms with Crippen molar-refractivity contribution in [1.82, 2.24) is 14.5 Å². The third-order valence-corrected chi connectivity index (χ3v) is 4.85. The van der Waals surface area contributed by atoms with Crippen molar-refractivity contribution >= 4 is 17.6 Å². The monoisotopic (exact) mass is 370 g/mol. The number of fused-ring (bicyclic) bond motifs is 3. The van der Waals surface area contributed by atoms with Gasteiger partial charge in [0.15, 0.2) is 5.69 Å². The van der Waals surface area contributed by atoms with Crippen LogP contribution in [0.25, 0.3) is 5.69 Å². The minimum absolute atomic E-state index is 0.0889. The van der Waals surface area contributed by atoms with E-state index in [0.717, 1.165) is 11.4 Å². The van der Waals surface area contributed by atoms with Crippen molar-refractivity contribution in [2.45, 2.75) is 45.7 Å². The summed E-state index contributed by atoms with van der Waals surface area (Å²) in [5.41, 5.74) is 1.13. The SMILES string of the molecule is CN(C)C(=O)c1nc(C(=O)O)c2n1-c1ccccc1N(C(C)(C)C)C2(C)C. The zero-order valence-electron chi connectivity index (χ0n) is 16.9. The highest BCUT2D eigenvalue weighted by Crippen LogP contribution is 2.47. The highest BCUT2D eigenvalue weighted by Gasteiger charge is 2.47. The van der Waals surface area contributed by atoms with Crippen LogP contribution >= 0.6 is 0 Å². The third-order valence-electron chi connectivity index (χ3n) is 4.85. The van der Waals surface area contributed by atoms with E-state index in [9.17, 15) is 14.7 Å². The Morgan fingerprint density at radius 1 is 1.11 bits per heavy atom. The Morgan fingerprint density at radius 3 is 2.15 bits per heavy atom. The summed E-state index contributed by atoms with van der Waals surface area (Å²) in [5.74, 6) is -1.36. The summed E-state index contributed by atoms with van der Waals surface area (Å²) in [6, 6.07) is 7.72. The number of carboxylic acid groups (broad SMARTS) is 1. The Hall–Kier alpha value is -2.83. The molecule has 0 spiro atoms. The number of carbonyl (C=O) groups excluding carboxylic acids is 1. The molecule has 0 saturated carbocycles. The predicted molar refractivity (Wildman–Crippen MR) is 104 cm³/mol. The summed E-state index contributed by atoms with van der Waals surface area (Å²) in [4.78, 5) is 32.7. The van der Waals surface area contributed by atoms with Crippen LogP contribution in [0.5, 0.6) is 0 Å². The molecule has 144 valence electrons. The van der Waals surface area contributed by atoms with Crippen molar-refractivity contribution in [1.29, 1.82) is 0 Å². The van der Waals surface area contributed by atoms with E-state index in [4.69, 9.17) is 0 Å². The average molecular weight is 370 g/mol. The van der Waals surface area contributed by atoms with Gasteiger partial charge in [0.25, 0.3) is 5.91 Å². The van der Waals surface area contributed by atoms with Crippen LogP contribution in [0.2, 0.25) is 0 Å². The second-order valence-corrected chi connectivity index (χ2v) is 8.53. The van der Waals surface area contributed by atoms with Gasteiger partial charge in [-0.3, -0.25) is 9.36 Å². The second kappa shape index (κ2) is 5.84. The number of hydrogen-bond donors (Lipinski definition) is 1. The van der Waals surface area contributed by atoms with Gasteiger partial charge in [-0.05, 0) is 46.8 Å². The van der Waals surface area contributed by atoms with Crippen molar-refractivity contribution < 1.29 is 14.7 Å². The minimum Gasteiger partial charge on any atom is -0.476 e. The molecule has 1 aromatic heterocycles. The summed E-state index contributed by atoms with van der Waals surface area (Å²) >= 11 is 0. The molecule has 0 bridgehead atoms. The van der Waals surface area contributed by atoms with Crippen LogP contribution in [0.15, 0.2) is 24.3 Å². The summed E-state index contributed by atoms with van der Waals surface area (Å²) in [6.07, 6.45) is 0. The lowest BCUT2D eigenvalue weighted by atomic mass is 9.86. The molecule has 0 atom stereocenters. The molecule has 1 aromatic carbocycles. The molecule has 7 nitrogen and oxygen atoms in total. The average Bonchev–Trinajstić information content (AvgIpc) is 2.94. The van der Waals surface area contributed by atoms with E-state index >= 15 is 0 Å². The van der Waals surface area contributed by atoms with Gasteiger partial charge >= 0.3 is 5.97 Å². The molecule has 0 unspecified atom stereocenters. The Labute approximate surface area is 159 Å². The van der Waals surface area contributed by atoms with Crippen LogP contribution in [-0.4, -0.2) is 51.1 Å². The lowest BCUT2D eigenvalue weighted by Gasteiger charge is -2.52. The number of hydrogen-bond acceptors (Lipinski definition) is 4. The quantitative estimate of drug-likeness (QED) is 0.879. The maximum absolute atomic E-state index is 12.8. The fourth-order valence-electron chi connectivity index (χ4n) is 4.16. The maximum atomic E-state index is 12.8. The molecule has 1 amide bonds. The number of carboxylic acids is 1. The molecular weight excluding hydrogens is 344 g/mol. The van der Waals surface area contributed by atoms with Crippen molar-refractivity contribution in [2.75, 3.05) is 19.0 Å². The first-order valence-electron chi connectivity index (χ1n) is 8.87. The van der Waals surface area contributed by atoms with Crippen LogP contribution in [0.4, 0.5) is 5.69 Å². The summed E-state index contributed by atoms with van der Waals surface area (Å²) in [7, 11) is 3.26. The molecular formula is C20H26N4O3. The summed E-state index contributed by atoms with van der Waals surface area (Å²) < 4.78 is 1.71. The number of aromatic nitrogens is 2. The first-order valence-corrected chi connectivity index (χ1v) is 8.87. The Bertz CT molecular complexity index is 935. The fourth-order valence-corrected chi connectivity index (χ4v) is 4.16. The van der Waals surface area contributed by atoms with Crippen molar-refractivity contribution in [3.05, 3.63) is 41.5 Å². The van der Waals surface area contributed by atoms with Gasteiger partial charge in [0, 0.05) is 19.6 Å². The molecule has 1 aliphatic heterocycles. The number of imidazole rings is 1. The summed E-state index contributed by atoms with van der Waals surface area (Å²) in [6.45, 7) is 10.2. The van der Waals surface area contributed by atoms with Crippen LogP contribution in [-0.2, 0) is 5.54 Å². The molecule has 1 N–H and O–H groups in total. The molecule has 1 aliphatic rings. The Kier molecular flexibility index (Phi) is 4.10. The smallest absolute Gasteiger partial charge is 0.356 e. The zero-order valence-corrected chi connectivity index (χ0v) is 16.9. The molecule has 27 heavy (non-hydrogen) atoms. The van der Waals surface area contributed by atoms with Crippen molar-refractivity contribution in [3.63, 3.8) is 0 Å². The standard InChI is InChI=1S/C20H26N4O3/c1-19(2,3)24-13-11-9-8-10-12(13)23-15(20(24,4)5)14(18(26)27)21-16(23)17(25)22(6)7/h8-11H,1-7H3,(H,26,27). The number of benzene rings is 1. The normalized spacial score (nSPS) is 15.1. The molecule has 0 radical (unpaired) electrons. The molecule has 0 aliphatic carbocycles. The fraction of sp³-hybridized carbons (Fsp3) is 0.450. The first-order chi connectivity index (χ1) is 12.4. The number of carbonyl (C=O) groups is 2. The zero-order chi connectivity index (χ0) is 20.3. The van der Waals surface area contributed by atoms with Crippen LogP contribution < -0.4 is 4.90 Å². The third kappa shape index (κ3) is 2.69. The number of nitrogens with zero attached hydrogens (tertiary/aromatic N) is 4. The van der Waals surface area contributed by atoms with Crippen LogP contribution in [0, 0.1) is 0 Å². The van der Waals surface area contributed by atoms with E-state index in [2.05, 4.69) is 30.7 Å². The highest BCUT2D eigenvalue weighted by atomic mass is 16.4. The van der Waals surface area contributed by atoms with Gasteiger partial charge < -0.3 is 14.9 Å². The molecule has 3 rings (SSSR count). The van der Waals surface area contributed by atoms with Crippen molar-refractivity contribution in [3.8, 4) is 5.69 Å². The van der Waals surface area contributed by atoms with Gasteiger partial charge in [-0.1, -0.05) is 12.1 Å². The van der Waals surface area contributed by atoms with E-state index in [1.807, 2.05) is 38.1 Å². The van der Waals surface area contributed by atoms with Gasteiger partial charge in [0.2, 0.25) is 5.82 Å². The van der Waals surface area contributed by atoms with Crippen LogP contribution in [0.3, 0.4) is 0 Å². The maximum Gasteiger partial charge on any atom is 0.356 e. The van der Waals surface area contributed by atoms with Gasteiger partial charge in [0.05, 0.1) is 22.6 Å². The first kappa shape index (κ1) is 18.9. The molecule has 2 heterocycles. The predicted octanol–water partition coefficient (Wildman–Crippen LogP) is 3.13. The van der Waals surface area contributed by atoms with E-state index in [1.54, 1.807) is 18.7 Å². The minimum atomic E-state index is -1.14. The Morgan fingerprint density at radius 2 is 1.67 bits per heavy atom. The number of aromatic carboxylic acids is 1. The molecule has 2 aromatic rings. The Balaban J connectivity index is 2.48.